The Balaban J connectivity index is 3.01. The van der Waals surface area contributed by atoms with Crippen LogP contribution in [-0.4, -0.2) is 11.3 Å². The summed E-state index contributed by atoms with van der Waals surface area (Å²) in [7, 11) is 0. The summed E-state index contributed by atoms with van der Waals surface area (Å²) in [6.07, 6.45) is 0. The average Bonchev–Trinajstić information content (AvgIpc) is 2.14. The summed E-state index contributed by atoms with van der Waals surface area (Å²) in [5.41, 5.74) is 9.82. The number of aryl methyl sites for hydroxylation is 3. The molecule has 0 saturated carbocycles. The maximum absolute atomic E-state index is 5.75. The topological polar surface area (TPSA) is 26.0 Å². The van der Waals surface area contributed by atoms with E-state index in [1.807, 2.05) is 11.8 Å². The molecule has 0 fully saturated rings. The van der Waals surface area contributed by atoms with Crippen molar-refractivity contribution >= 4 is 11.8 Å². The largest absolute Gasteiger partial charge is 0.329 e. The minimum absolute atomic E-state index is 0.118. The molecule has 0 bridgehead atoms. The molecule has 0 unspecified atom stereocenters. The lowest BCUT2D eigenvalue weighted by molar-refractivity contribution is 0.722. The second kappa shape index (κ2) is 4.58. The zero-order chi connectivity index (χ0) is 11.6. The van der Waals surface area contributed by atoms with Crippen LogP contribution in [0.25, 0.3) is 0 Å². The molecule has 2 heteroatoms. The van der Waals surface area contributed by atoms with Crippen molar-refractivity contribution in [1.29, 1.82) is 0 Å². The zero-order valence-corrected chi connectivity index (χ0v) is 11.2. The van der Waals surface area contributed by atoms with Crippen LogP contribution < -0.4 is 5.73 Å². The molecule has 2 N–H and O–H groups in total. The van der Waals surface area contributed by atoms with Gasteiger partial charge in [0.15, 0.2) is 0 Å². The third-order valence-electron chi connectivity index (χ3n) is 2.67. The predicted molar refractivity (Wildman–Crippen MR) is 69.6 cm³/mol. The zero-order valence-electron chi connectivity index (χ0n) is 10.3. The first-order valence-corrected chi connectivity index (χ1v) is 6.14. The number of benzene rings is 1. The maximum atomic E-state index is 5.75. The van der Waals surface area contributed by atoms with Crippen LogP contribution in [0.4, 0.5) is 0 Å². The van der Waals surface area contributed by atoms with Gasteiger partial charge in [-0.05, 0) is 57.4 Å². The molecule has 0 aromatic heterocycles. The second-order valence-corrected chi connectivity index (χ2v) is 6.52. The Bertz CT molecular complexity index is 356. The predicted octanol–water partition coefficient (Wildman–Crippen LogP) is 3.44. The van der Waals surface area contributed by atoms with Crippen LogP contribution in [-0.2, 0) is 0 Å². The molecule has 15 heavy (non-hydrogen) atoms. The molecular weight excluding hydrogens is 202 g/mol. The highest BCUT2D eigenvalue weighted by atomic mass is 32.2. The molecule has 0 spiro atoms. The van der Waals surface area contributed by atoms with E-state index in [1.165, 1.54) is 21.6 Å². The molecule has 0 saturated heterocycles. The van der Waals surface area contributed by atoms with Gasteiger partial charge in [-0.15, -0.1) is 11.8 Å². The Labute approximate surface area is 97.4 Å². The van der Waals surface area contributed by atoms with Crippen molar-refractivity contribution in [3.05, 3.63) is 28.8 Å². The van der Waals surface area contributed by atoms with Crippen LogP contribution >= 0.6 is 11.8 Å². The molecule has 0 radical (unpaired) electrons. The third-order valence-corrected chi connectivity index (χ3v) is 4.05. The molecule has 1 nitrogen and oxygen atoms in total. The fraction of sp³-hybridized carbons (Fsp3) is 0.538. The monoisotopic (exact) mass is 223 g/mol. The van der Waals surface area contributed by atoms with E-state index < -0.39 is 0 Å². The van der Waals surface area contributed by atoms with E-state index in [-0.39, 0.29) is 4.75 Å². The number of thioether (sulfide) groups is 1. The van der Waals surface area contributed by atoms with Gasteiger partial charge in [0, 0.05) is 16.2 Å². The fourth-order valence-corrected chi connectivity index (χ4v) is 2.52. The van der Waals surface area contributed by atoms with Crippen molar-refractivity contribution in [1.82, 2.24) is 0 Å². The lowest BCUT2D eigenvalue weighted by Crippen LogP contribution is -2.26. The third kappa shape index (κ3) is 3.25. The Morgan fingerprint density at radius 1 is 1.07 bits per heavy atom. The Morgan fingerprint density at radius 2 is 1.60 bits per heavy atom. The van der Waals surface area contributed by atoms with Gasteiger partial charge in [0.05, 0.1) is 0 Å². The smallest absolute Gasteiger partial charge is 0.0273 e. The average molecular weight is 223 g/mol. The van der Waals surface area contributed by atoms with Gasteiger partial charge in [-0.25, -0.2) is 0 Å². The summed E-state index contributed by atoms with van der Waals surface area (Å²) in [6.45, 7) is 11.6. The number of rotatable bonds is 3. The Morgan fingerprint density at radius 3 is 2.13 bits per heavy atom. The summed E-state index contributed by atoms with van der Waals surface area (Å²) in [4.78, 5) is 1.36. The second-order valence-electron chi connectivity index (χ2n) is 4.77. The van der Waals surface area contributed by atoms with Gasteiger partial charge in [-0.1, -0.05) is 6.07 Å². The van der Waals surface area contributed by atoms with Gasteiger partial charge in [0.25, 0.3) is 0 Å². The summed E-state index contributed by atoms with van der Waals surface area (Å²) >= 11 is 1.87. The molecule has 84 valence electrons. The highest BCUT2D eigenvalue weighted by Crippen LogP contribution is 2.34. The first-order valence-electron chi connectivity index (χ1n) is 5.32. The summed E-state index contributed by atoms with van der Waals surface area (Å²) in [5.74, 6) is 0. The highest BCUT2D eigenvalue weighted by Gasteiger charge is 2.18. The van der Waals surface area contributed by atoms with Crippen LogP contribution in [0.5, 0.6) is 0 Å². The lowest BCUT2D eigenvalue weighted by atomic mass is 10.1. The highest BCUT2D eigenvalue weighted by molar-refractivity contribution is 8.00. The van der Waals surface area contributed by atoms with Gasteiger partial charge in [-0.2, -0.15) is 0 Å². The first-order chi connectivity index (χ1) is 6.85. The molecule has 0 aliphatic heterocycles. The van der Waals surface area contributed by atoms with E-state index in [4.69, 9.17) is 5.73 Å². The molecule has 1 rings (SSSR count). The summed E-state index contributed by atoms with van der Waals surface area (Å²) in [6, 6.07) is 4.52. The molecule has 0 aliphatic rings. The molecule has 1 aromatic carbocycles. The van der Waals surface area contributed by atoms with E-state index >= 15 is 0 Å². The summed E-state index contributed by atoms with van der Waals surface area (Å²) in [5, 5.41) is 0. The van der Waals surface area contributed by atoms with Gasteiger partial charge in [0.1, 0.15) is 0 Å². The first kappa shape index (κ1) is 12.6. The molecule has 0 heterocycles. The fourth-order valence-electron chi connectivity index (χ4n) is 1.38. The van der Waals surface area contributed by atoms with Crippen molar-refractivity contribution in [2.24, 2.45) is 5.73 Å². The molecular formula is C13H21NS. The van der Waals surface area contributed by atoms with Gasteiger partial charge >= 0.3 is 0 Å². The standard InChI is InChI=1S/C13H21NS/c1-9-6-11(3)12(7-10(9)2)15-13(4,5)8-14/h6-7H,8,14H2,1-5H3. The Kier molecular flexibility index (Phi) is 3.85. The minimum atomic E-state index is 0.118. The minimum Gasteiger partial charge on any atom is -0.329 e. The quantitative estimate of drug-likeness (QED) is 0.794. The van der Waals surface area contributed by atoms with Crippen LogP contribution in [0.1, 0.15) is 30.5 Å². The van der Waals surface area contributed by atoms with Crippen molar-refractivity contribution in [3.63, 3.8) is 0 Å². The molecule has 0 amide bonds. The van der Waals surface area contributed by atoms with Gasteiger partial charge in [-0.3, -0.25) is 0 Å². The van der Waals surface area contributed by atoms with E-state index in [9.17, 15) is 0 Å². The molecule has 0 aliphatic carbocycles. The van der Waals surface area contributed by atoms with Gasteiger partial charge in [0.2, 0.25) is 0 Å². The van der Waals surface area contributed by atoms with Crippen LogP contribution in [0.3, 0.4) is 0 Å². The molecule has 1 aromatic rings. The van der Waals surface area contributed by atoms with Crippen LogP contribution in [0.15, 0.2) is 17.0 Å². The normalized spacial score (nSPS) is 11.9. The summed E-state index contributed by atoms with van der Waals surface area (Å²) < 4.78 is 0.118. The van der Waals surface area contributed by atoms with Crippen molar-refractivity contribution < 1.29 is 0 Å². The molecule has 0 atom stereocenters. The van der Waals surface area contributed by atoms with Crippen LogP contribution in [0.2, 0.25) is 0 Å². The number of nitrogens with two attached hydrogens (primary N) is 1. The maximum Gasteiger partial charge on any atom is 0.0273 e. The SMILES string of the molecule is Cc1cc(C)c(SC(C)(C)CN)cc1C. The van der Waals surface area contributed by atoms with Crippen LogP contribution in [0, 0.1) is 20.8 Å². The Hall–Kier alpha value is -0.470. The number of hydrogen-bond acceptors (Lipinski definition) is 2. The van der Waals surface area contributed by atoms with Gasteiger partial charge < -0.3 is 5.73 Å². The van der Waals surface area contributed by atoms with Crippen molar-refractivity contribution in [3.8, 4) is 0 Å². The van der Waals surface area contributed by atoms with Crippen molar-refractivity contribution in [2.75, 3.05) is 6.54 Å². The lowest BCUT2D eigenvalue weighted by Gasteiger charge is -2.23. The van der Waals surface area contributed by atoms with E-state index in [2.05, 4.69) is 46.8 Å². The number of hydrogen-bond donors (Lipinski definition) is 1. The van der Waals surface area contributed by atoms with E-state index in [0.717, 1.165) is 0 Å². The van der Waals surface area contributed by atoms with Crippen molar-refractivity contribution in [2.45, 2.75) is 44.3 Å². The van der Waals surface area contributed by atoms with E-state index in [0.29, 0.717) is 6.54 Å². The van der Waals surface area contributed by atoms with E-state index in [1.54, 1.807) is 0 Å².